The van der Waals surface area contributed by atoms with Crippen LogP contribution in [-0.2, 0) is 14.3 Å². The Morgan fingerprint density at radius 2 is 1.76 bits per heavy atom. The molecule has 0 saturated heterocycles. The zero-order valence-electron chi connectivity index (χ0n) is 16.4. The van der Waals surface area contributed by atoms with Crippen LogP contribution < -0.4 is 0 Å². The molecular weight excluding hydrogens is 386 g/mol. The Hall–Kier alpha value is -2.72. The van der Waals surface area contributed by atoms with Crippen LogP contribution >= 0.6 is 11.6 Å². The summed E-state index contributed by atoms with van der Waals surface area (Å²) in [5.74, 6) is -1.43. The summed E-state index contributed by atoms with van der Waals surface area (Å²) in [6, 6.07) is 17.4. The van der Waals surface area contributed by atoms with Crippen molar-refractivity contribution in [2.24, 2.45) is 10.9 Å². The van der Waals surface area contributed by atoms with E-state index in [0.29, 0.717) is 29.1 Å². The van der Waals surface area contributed by atoms with E-state index in [-0.39, 0.29) is 11.7 Å². The summed E-state index contributed by atoms with van der Waals surface area (Å²) in [6.45, 7) is 1.83. The first kappa shape index (κ1) is 19.6. The van der Waals surface area contributed by atoms with E-state index in [4.69, 9.17) is 21.3 Å². The molecule has 2 aromatic rings. The van der Waals surface area contributed by atoms with Crippen LogP contribution in [0.2, 0.25) is 5.02 Å². The molecule has 0 radical (unpaired) electrons. The van der Waals surface area contributed by atoms with E-state index in [1.165, 1.54) is 7.11 Å². The second kappa shape index (κ2) is 7.96. The molecule has 4 nitrogen and oxygen atoms in total. The Labute approximate surface area is 175 Å². The molecule has 0 spiro atoms. The van der Waals surface area contributed by atoms with Gasteiger partial charge in [0.2, 0.25) is 0 Å². The summed E-state index contributed by atoms with van der Waals surface area (Å²) in [5, 5.41) is 0.533. The second-order valence-electron chi connectivity index (χ2n) is 7.55. The molecular formula is C24H22ClNO3. The number of allylic oxidation sites excluding steroid dienone is 2. The number of ether oxygens (including phenoxy) is 1. The van der Waals surface area contributed by atoms with Gasteiger partial charge in [-0.3, -0.25) is 14.6 Å². The summed E-state index contributed by atoms with van der Waals surface area (Å²) in [6.07, 6.45) is 1.06. The van der Waals surface area contributed by atoms with Crippen LogP contribution in [0.25, 0.3) is 0 Å². The van der Waals surface area contributed by atoms with E-state index in [0.717, 1.165) is 16.8 Å². The first-order chi connectivity index (χ1) is 14.0. The van der Waals surface area contributed by atoms with Crippen molar-refractivity contribution in [2.45, 2.75) is 31.6 Å². The predicted molar refractivity (Wildman–Crippen MR) is 113 cm³/mol. The van der Waals surface area contributed by atoms with Crippen LogP contribution in [0.5, 0.6) is 0 Å². The van der Waals surface area contributed by atoms with Crippen LogP contribution in [-0.4, -0.2) is 24.6 Å². The van der Waals surface area contributed by atoms with E-state index in [1.54, 1.807) is 6.07 Å². The van der Waals surface area contributed by atoms with Crippen molar-refractivity contribution in [1.82, 2.24) is 0 Å². The van der Waals surface area contributed by atoms with E-state index < -0.39 is 17.8 Å². The molecule has 0 N–H and O–H groups in total. The summed E-state index contributed by atoms with van der Waals surface area (Å²) in [7, 11) is 1.36. The zero-order chi connectivity index (χ0) is 20.5. The van der Waals surface area contributed by atoms with Crippen molar-refractivity contribution in [1.29, 1.82) is 0 Å². The molecule has 0 amide bonds. The lowest BCUT2D eigenvalue weighted by Gasteiger charge is -2.36. The lowest BCUT2D eigenvalue weighted by atomic mass is 9.69. The molecule has 1 heterocycles. The van der Waals surface area contributed by atoms with Crippen molar-refractivity contribution in [3.05, 3.63) is 82.0 Å². The quantitative estimate of drug-likeness (QED) is 0.666. The fourth-order valence-corrected chi connectivity index (χ4v) is 4.77. The van der Waals surface area contributed by atoms with Gasteiger partial charge >= 0.3 is 5.97 Å². The number of Topliss-reactive ketones (excluding diaryl/α,β-unsaturated/α-hetero) is 1. The molecule has 3 atom stereocenters. The monoisotopic (exact) mass is 407 g/mol. The molecule has 1 unspecified atom stereocenters. The molecule has 0 fully saturated rings. The highest BCUT2D eigenvalue weighted by atomic mass is 35.5. The third kappa shape index (κ3) is 3.53. The summed E-state index contributed by atoms with van der Waals surface area (Å²) in [5.41, 5.74) is 3.91. The number of carbonyl (C=O) groups excluding carboxylic acids is 2. The molecule has 29 heavy (non-hydrogen) atoms. The maximum Gasteiger partial charge on any atom is 0.315 e. The molecule has 1 aliphatic heterocycles. The standard InChI is InChI=1S/C24H22ClNO3/c1-14-21(24(28)29-2)22(17-10-6-7-11-18(17)25)23-19(26-14)12-16(13-20(23)27)15-8-4-3-5-9-15/h3-11,16,21-22H,12-13H2,1-2H3/t16-,21?,22+/m0/s1. The van der Waals surface area contributed by atoms with Crippen molar-refractivity contribution < 1.29 is 14.3 Å². The first-order valence-corrected chi connectivity index (χ1v) is 10.1. The third-order valence-corrected chi connectivity index (χ3v) is 6.20. The fraction of sp³-hybridized carbons (Fsp3) is 0.292. The molecule has 0 aromatic heterocycles. The van der Waals surface area contributed by atoms with Crippen molar-refractivity contribution in [3.63, 3.8) is 0 Å². The minimum atomic E-state index is -0.657. The molecule has 5 heteroatoms. The minimum absolute atomic E-state index is 0.0233. The Kier molecular flexibility index (Phi) is 5.37. The van der Waals surface area contributed by atoms with Crippen molar-refractivity contribution >= 4 is 29.1 Å². The Morgan fingerprint density at radius 3 is 2.45 bits per heavy atom. The molecule has 0 saturated carbocycles. The van der Waals surface area contributed by atoms with E-state index in [1.807, 2.05) is 55.5 Å². The van der Waals surface area contributed by atoms with Crippen LogP contribution in [0.3, 0.4) is 0 Å². The lowest BCUT2D eigenvalue weighted by molar-refractivity contribution is -0.143. The Balaban J connectivity index is 1.84. The Bertz CT molecular complexity index is 1030. The summed E-state index contributed by atoms with van der Waals surface area (Å²) >= 11 is 6.50. The summed E-state index contributed by atoms with van der Waals surface area (Å²) < 4.78 is 5.06. The number of esters is 1. The van der Waals surface area contributed by atoms with Gasteiger partial charge in [-0.2, -0.15) is 0 Å². The fourth-order valence-electron chi connectivity index (χ4n) is 4.52. The van der Waals surface area contributed by atoms with Crippen molar-refractivity contribution in [3.8, 4) is 0 Å². The normalized spacial score (nSPS) is 24.0. The van der Waals surface area contributed by atoms with Crippen molar-refractivity contribution in [2.75, 3.05) is 7.11 Å². The SMILES string of the molecule is COC(=O)C1C(C)=NC2=C(C(=O)C[C@@H](c3ccccc3)C2)[C@@H]1c1ccccc1Cl. The highest BCUT2D eigenvalue weighted by molar-refractivity contribution is 6.31. The molecule has 0 bridgehead atoms. The van der Waals surface area contributed by atoms with E-state index in [9.17, 15) is 9.59 Å². The van der Waals surface area contributed by atoms with Gasteiger partial charge in [0.25, 0.3) is 0 Å². The summed E-state index contributed by atoms with van der Waals surface area (Å²) in [4.78, 5) is 30.7. The van der Waals surface area contributed by atoms with Gasteiger partial charge in [-0.25, -0.2) is 0 Å². The maximum atomic E-state index is 13.3. The number of ketones is 1. The number of nitrogens with zero attached hydrogens (tertiary/aromatic N) is 1. The van der Waals surface area contributed by atoms with Gasteiger partial charge in [0, 0.05) is 34.3 Å². The second-order valence-corrected chi connectivity index (χ2v) is 7.96. The zero-order valence-corrected chi connectivity index (χ0v) is 17.1. The number of hydrogen-bond donors (Lipinski definition) is 0. The molecule has 4 rings (SSSR count). The van der Waals surface area contributed by atoms with Crippen LogP contribution in [0.15, 0.2) is 70.9 Å². The first-order valence-electron chi connectivity index (χ1n) is 9.70. The van der Waals surface area contributed by atoms with Crippen LogP contribution in [0, 0.1) is 5.92 Å². The molecule has 1 aliphatic carbocycles. The number of aliphatic imine (C=N–C) groups is 1. The number of hydrogen-bond acceptors (Lipinski definition) is 4. The van der Waals surface area contributed by atoms with Crippen LogP contribution in [0.1, 0.15) is 42.7 Å². The van der Waals surface area contributed by atoms with Gasteiger partial charge in [0.15, 0.2) is 5.78 Å². The van der Waals surface area contributed by atoms with Gasteiger partial charge < -0.3 is 4.74 Å². The lowest BCUT2D eigenvalue weighted by Crippen LogP contribution is -2.37. The molecule has 2 aromatic carbocycles. The van der Waals surface area contributed by atoms with E-state index >= 15 is 0 Å². The van der Waals surface area contributed by atoms with E-state index in [2.05, 4.69) is 0 Å². The average Bonchev–Trinajstić information content (AvgIpc) is 2.73. The average molecular weight is 408 g/mol. The highest BCUT2D eigenvalue weighted by Gasteiger charge is 2.45. The topological polar surface area (TPSA) is 55.7 Å². The number of carbonyl (C=O) groups is 2. The number of rotatable bonds is 3. The van der Waals surface area contributed by atoms with Gasteiger partial charge in [-0.1, -0.05) is 60.1 Å². The number of benzene rings is 2. The van der Waals surface area contributed by atoms with Gasteiger partial charge in [-0.15, -0.1) is 0 Å². The van der Waals surface area contributed by atoms with Gasteiger partial charge in [-0.05, 0) is 36.5 Å². The largest absolute Gasteiger partial charge is 0.468 e. The smallest absolute Gasteiger partial charge is 0.315 e. The highest BCUT2D eigenvalue weighted by Crippen LogP contribution is 2.48. The van der Waals surface area contributed by atoms with Gasteiger partial charge in [0.05, 0.1) is 7.11 Å². The molecule has 2 aliphatic rings. The third-order valence-electron chi connectivity index (χ3n) is 5.85. The maximum absolute atomic E-state index is 13.3. The minimum Gasteiger partial charge on any atom is -0.468 e. The predicted octanol–water partition coefficient (Wildman–Crippen LogP) is 5.09. The number of methoxy groups -OCH3 is 1. The Morgan fingerprint density at radius 1 is 1.07 bits per heavy atom. The molecule has 148 valence electrons. The van der Waals surface area contributed by atoms with Crippen LogP contribution in [0.4, 0.5) is 0 Å². The number of halogens is 1. The van der Waals surface area contributed by atoms with Gasteiger partial charge in [0.1, 0.15) is 5.92 Å².